The van der Waals surface area contributed by atoms with Crippen LogP contribution in [-0.4, -0.2) is 28.9 Å². The topological polar surface area (TPSA) is 107 Å². The van der Waals surface area contributed by atoms with E-state index >= 15 is 0 Å². The Labute approximate surface area is 124 Å². The van der Waals surface area contributed by atoms with Crippen molar-refractivity contribution >= 4 is 17.4 Å². The number of ketones is 1. The van der Waals surface area contributed by atoms with E-state index in [4.69, 9.17) is 0 Å². The molecular formula is C15H11NO6. The van der Waals surface area contributed by atoms with Gasteiger partial charge in [-0.05, 0) is 30.3 Å². The number of carbonyl (C=O) groups is 2. The van der Waals surface area contributed by atoms with Crippen molar-refractivity contribution in [2.75, 3.05) is 7.11 Å². The second-order valence-electron chi connectivity index (χ2n) is 4.36. The quantitative estimate of drug-likeness (QED) is 0.402. The molecule has 0 heterocycles. The molecule has 0 bridgehead atoms. The zero-order chi connectivity index (χ0) is 16.3. The first-order chi connectivity index (χ1) is 10.4. The lowest BCUT2D eigenvalue weighted by molar-refractivity contribution is -0.384. The van der Waals surface area contributed by atoms with Gasteiger partial charge < -0.3 is 9.84 Å². The van der Waals surface area contributed by atoms with E-state index in [1.165, 1.54) is 42.5 Å². The standard InChI is InChI=1S/C15H11NO6/c1-22-15(19)12-8-10(4-7-13(12)17)14(18)9-2-5-11(6-3-9)16(20)21/h2-8,17H,1H3. The molecular weight excluding hydrogens is 290 g/mol. The van der Waals surface area contributed by atoms with Crippen LogP contribution in [0.1, 0.15) is 26.3 Å². The van der Waals surface area contributed by atoms with Crippen LogP contribution in [0.3, 0.4) is 0 Å². The highest BCUT2D eigenvalue weighted by Crippen LogP contribution is 2.22. The first-order valence-electron chi connectivity index (χ1n) is 6.14. The molecule has 0 unspecified atom stereocenters. The number of nitro benzene ring substituents is 1. The number of rotatable bonds is 4. The number of esters is 1. The Morgan fingerprint density at radius 3 is 2.23 bits per heavy atom. The lowest BCUT2D eigenvalue weighted by atomic mass is 10.0. The molecule has 0 aliphatic carbocycles. The monoisotopic (exact) mass is 301 g/mol. The summed E-state index contributed by atoms with van der Waals surface area (Å²) in [4.78, 5) is 33.8. The Balaban J connectivity index is 2.37. The molecule has 0 radical (unpaired) electrons. The Hall–Kier alpha value is -3.22. The van der Waals surface area contributed by atoms with Crippen molar-refractivity contribution in [1.29, 1.82) is 0 Å². The number of aromatic hydroxyl groups is 1. The van der Waals surface area contributed by atoms with E-state index in [1.807, 2.05) is 0 Å². The van der Waals surface area contributed by atoms with Crippen molar-refractivity contribution in [2.45, 2.75) is 0 Å². The molecule has 0 aromatic heterocycles. The number of non-ortho nitro benzene ring substituents is 1. The summed E-state index contributed by atoms with van der Waals surface area (Å²) in [7, 11) is 1.16. The number of ether oxygens (including phenoxy) is 1. The number of hydrogen-bond donors (Lipinski definition) is 1. The maximum Gasteiger partial charge on any atom is 0.341 e. The number of nitro groups is 1. The van der Waals surface area contributed by atoms with Gasteiger partial charge in [0.05, 0.1) is 12.0 Å². The predicted molar refractivity (Wildman–Crippen MR) is 76.0 cm³/mol. The molecule has 7 heteroatoms. The van der Waals surface area contributed by atoms with Crippen molar-refractivity contribution in [3.05, 3.63) is 69.3 Å². The molecule has 0 atom stereocenters. The second kappa shape index (κ2) is 6.04. The number of benzene rings is 2. The average Bonchev–Trinajstić information content (AvgIpc) is 2.54. The summed E-state index contributed by atoms with van der Waals surface area (Å²) in [5, 5.41) is 20.2. The third-order valence-corrected chi connectivity index (χ3v) is 3.00. The van der Waals surface area contributed by atoms with Gasteiger partial charge in [-0.15, -0.1) is 0 Å². The summed E-state index contributed by atoms with van der Waals surface area (Å²) >= 11 is 0. The van der Waals surface area contributed by atoms with Crippen molar-refractivity contribution in [1.82, 2.24) is 0 Å². The van der Waals surface area contributed by atoms with E-state index in [9.17, 15) is 24.8 Å². The number of phenolic OH excluding ortho intramolecular Hbond substituents is 1. The van der Waals surface area contributed by atoms with Gasteiger partial charge in [-0.25, -0.2) is 4.79 Å². The van der Waals surface area contributed by atoms with Crippen LogP contribution in [0.5, 0.6) is 5.75 Å². The van der Waals surface area contributed by atoms with Gasteiger partial charge in [-0.1, -0.05) is 0 Å². The Kier molecular flexibility index (Phi) is 4.17. The zero-order valence-corrected chi connectivity index (χ0v) is 11.5. The SMILES string of the molecule is COC(=O)c1cc(C(=O)c2ccc([N+](=O)[O-])cc2)ccc1O. The lowest BCUT2D eigenvalue weighted by Gasteiger charge is -2.06. The first-order valence-corrected chi connectivity index (χ1v) is 6.14. The van der Waals surface area contributed by atoms with Crippen LogP contribution < -0.4 is 0 Å². The van der Waals surface area contributed by atoms with Gasteiger partial charge in [0.15, 0.2) is 5.78 Å². The molecule has 0 aliphatic heterocycles. The van der Waals surface area contributed by atoms with E-state index in [0.29, 0.717) is 0 Å². The minimum atomic E-state index is -0.768. The van der Waals surface area contributed by atoms with Crippen LogP contribution >= 0.6 is 0 Å². The van der Waals surface area contributed by atoms with Gasteiger partial charge >= 0.3 is 5.97 Å². The van der Waals surface area contributed by atoms with Crippen molar-refractivity contribution in [2.24, 2.45) is 0 Å². The highest BCUT2D eigenvalue weighted by molar-refractivity contribution is 6.10. The average molecular weight is 301 g/mol. The summed E-state index contributed by atoms with van der Waals surface area (Å²) in [6.45, 7) is 0. The normalized spacial score (nSPS) is 10.0. The van der Waals surface area contributed by atoms with Crippen LogP contribution in [0.25, 0.3) is 0 Å². The van der Waals surface area contributed by atoms with Gasteiger partial charge in [-0.3, -0.25) is 14.9 Å². The molecule has 0 fully saturated rings. The Morgan fingerprint density at radius 1 is 1.09 bits per heavy atom. The molecule has 22 heavy (non-hydrogen) atoms. The summed E-state index contributed by atoms with van der Waals surface area (Å²) in [5.41, 5.74) is 0.131. The van der Waals surface area contributed by atoms with Crippen molar-refractivity contribution in [3.63, 3.8) is 0 Å². The van der Waals surface area contributed by atoms with E-state index in [0.717, 1.165) is 7.11 Å². The minimum absolute atomic E-state index is 0.127. The summed E-state index contributed by atoms with van der Waals surface area (Å²) < 4.78 is 4.51. The molecule has 2 rings (SSSR count). The number of methoxy groups -OCH3 is 1. The number of hydrogen-bond acceptors (Lipinski definition) is 6. The largest absolute Gasteiger partial charge is 0.507 e. The maximum atomic E-state index is 12.3. The van der Waals surface area contributed by atoms with Crippen LogP contribution in [0.15, 0.2) is 42.5 Å². The smallest absolute Gasteiger partial charge is 0.341 e. The van der Waals surface area contributed by atoms with Gasteiger partial charge in [0.2, 0.25) is 0 Å². The Morgan fingerprint density at radius 2 is 1.68 bits per heavy atom. The van der Waals surface area contributed by atoms with Gasteiger partial charge in [-0.2, -0.15) is 0 Å². The number of nitrogens with zero attached hydrogens (tertiary/aromatic N) is 1. The van der Waals surface area contributed by atoms with E-state index < -0.39 is 16.7 Å². The molecule has 0 spiro atoms. The molecule has 2 aromatic carbocycles. The molecule has 0 saturated carbocycles. The highest BCUT2D eigenvalue weighted by atomic mass is 16.6. The fourth-order valence-electron chi connectivity index (χ4n) is 1.85. The number of phenols is 1. The third kappa shape index (κ3) is 2.93. The Bertz CT molecular complexity index is 751. The second-order valence-corrected chi connectivity index (χ2v) is 4.36. The molecule has 7 nitrogen and oxygen atoms in total. The summed E-state index contributed by atoms with van der Waals surface area (Å²) in [5.74, 6) is -1.50. The maximum absolute atomic E-state index is 12.3. The minimum Gasteiger partial charge on any atom is -0.507 e. The lowest BCUT2D eigenvalue weighted by Crippen LogP contribution is -2.06. The zero-order valence-electron chi connectivity index (χ0n) is 11.5. The molecule has 0 saturated heterocycles. The molecule has 112 valence electrons. The van der Waals surface area contributed by atoms with Gasteiger partial charge in [0, 0.05) is 23.3 Å². The fraction of sp³-hybridized carbons (Fsp3) is 0.0667. The van der Waals surface area contributed by atoms with Crippen LogP contribution in [-0.2, 0) is 4.74 Å². The highest BCUT2D eigenvalue weighted by Gasteiger charge is 2.17. The van der Waals surface area contributed by atoms with Crippen LogP contribution in [0, 0.1) is 10.1 Å². The van der Waals surface area contributed by atoms with Crippen molar-refractivity contribution in [3.8, 4) is 5.75 Å². The molecule has 2 aromatic rings. The van der Waals surface area contributed by atoms with E-state index in [-0.39, 0.29) is 28.1 Å². The fourth-order valence-corrected chi connectivity index (χ4v) is 1.85. The third-order valence-electron chi connectivity index (χ3n) is 3.00. The molecule has 0 amide bonds. The van der Waals surface area contributed by atoms with Crippen molar-refractivity contribution < 1.29 is 24.4 Å². The number of carbonyl (C=O) groups excluding carboxylic acids is 2. The van der Waals surface area contributed by atoms with Crippen LogP contribution in [0.4, 0.5) is 5.69 Å². The summed E-state index contributed by atoms with van der Waals surface area (Å²) in [6.07, 6.45) is 0. The van der Waals surface area contributed by atoms with Crippen LogP contribution in [0.2, 0.25) is 0 Å². The summed E-state index contributed by atoms with van der Waals surface area (Å²) in [6, 6.07) is 8.86. The van der Waals surface area contributed by atoms with Gasteiger partial charge in [0.1, 0.15) is 11.3 Å². The predicted octanol–water partition coefficient (Wildman–Crippen LogP) is 2.32. The van der Waals surface area contributed by atoms with Gasteiger partial charge in [0.25, 0.3) is 5.69 Å². The van der Waals surface area contributed by atoms with E-state index in [2.05, 4.69) is 4.74 Å². The van der Waals surface area contributed by atoms with E-state index in [1.54, 1.807) is 0 Å². The molecule has 1 N–H and O–H groups in total. The first kappa shape index (κ1) is 15.2. The molecule has 0 aliphatic rings.